The van der Waals surface area contributed by atoms with Crippen molar-refractivity contribution in [1.82, 2.24) is 5.32 Å². The smallest absolute Gasteiger partial charge is 0.294 e. The first-order valence-electron chi connectivity index (χ1n) is 11.0. The first-order valence-corrected chi connectivity index (χ1v) is 11.0. The number of hydrogen-bond acceptors (Lipinski definition) is 3. The molecule has 4 rings (SSSR count). The highest BCUT2D eigenvalue weighted by molar-refractivity contribution is 6.09. The highest BCUT2D eigenvalue weighted by Crippen LogP contribution is 2.36. The fourth-order valence-corrected chi connectivity index (χ4v) is 3.60. The Morgan fingerprint density at radius 3 is 2.61 bits per heavy atom. The number of nitrogens with zero attached hydrogens (tertiary/aromatic N) is 1. The van der Waals surface area contributed by atoms with Gasteiger partial charge in [-0.25, -0.2) is 4.39 Å². The molecule has 2 amide bonds. The highest BCUT2D eigenvalue weighted by atomic mass is 19.1. The lowest BCUT2D eigenvalue weighted by molar-refractivity contribution is -0.117. The summed E-state index contributed by atoms with van der Waals surface area (Å²) in [6, 6.07) is 20.4. The van der Waals surface area contributed by atoms with E-state index in [4.69, 9.17) is 4.74 Å². The lowest BCUT2D eigenvalue weighted by atomic mass is 10.1. The zero-order valence-electron chi connectivity index (χ0n) is 18.4. The van der Waals surface area contributed by atoms with Gasteiger partial charge in [-0.1, -0.05) is 49.7 Å². The molecule has 0 radical (unpaired) electrons. The maximum atomic E-state index is 13.7. The topological polar surface area (TPSA) is 58.6 Å². The fourth-order valence-electron chi connectivity index (χ4n) is 3.60. The summed E-state index contributed by atoms with van der Waals surface area (Å²) >= 11 is 0. The normalized spacial score (nSPS) is 14.1. The number of ether oxygens (including phenoxy) is 1. The molecule has 0 spiro atoms. The van der Waals surface area contributed by atoms with Gasteiger partial charge in [0.1, 0.15) is 5.82 Å². The van der Waals surface area contributed by atoms with Crippen LogP contribution in [-0.4, -0.2) is 18.4 Å². The molecular formula is C27H25FN2O3. The van der Waals surface area contributed by atoms with E-state index in [0.717, 1.165) is 18.4 Å². The zero-order valence-corrected chi connectivity index (χ0v) is 18.4. The van der Waals surface area contributed by atoms with Gasteiger partial charge in [-0.15, -0.1) is 0 Å². The number of nitrogens with one attached hydrogen (secondary N) is 1. The molecule has 1 aliphatic heterocycles. The van der Waals surface area contributed by atoms with Gasteiger partial charge in [0, 0.05) is 12.1 Å². The highest BCUT2D eigenvalue weighted by Gasteiger charge is 2.30. The molecule has 1 heterocycles. The Morgan fingerprint density at radius 2 is 1.85 bits per heavy atom. The summed E-state index contributed by atoms with van der Waals surface area (Å²) in [5.41, 5.74) is 2.59. The minimum atomic E-state index is -0.351. The number of fused-ring (bicyclic) bond motifs is 1. The van der Waals surface area contributed by atoms with Crippen molar-refractivity contribution in [2.45, 2.75) is 26.3 Å². The maximum absolute atomic E-state index is 13.7. The van der Waals surface area contributed by atoms with E-state index in [-0.39, 0.29) is 29.9 Å². The molecule has 0 atom stereocenters. The standard InChI is InChI=1S/C27H25FN2O3/c1-2-3-15-29-26(31)21-13-11-19(12-14-21)17-25-27(32)30(18-20-7-6-8-22(28)16-20)23-9-4-5-10-24(23)33-25/h4-14,16-17H,2-3,15,18H2,1H3,(H,29,31). The summed E-state index contributed by atoms with van der Waals surface area (Å²) < 4.78 is 19.6. The third-order valence-corrected chi connectivity index (χ3v) is 5.35. The Balaban J connectivity index is 1.58. The molecule has 0 aliphatic carbocycles. The zero-order chi connectivity index (χ0) is 23.2. The van der Waals surface area contributed by atoms with Crippen LogP contribution in [0.2, 0.25) is 0 Å². The van der Waals surface area contributed by atoms with Gasteiger partial charge < -0.3 is 10.1 Å². The molecule has 1 aliphatic rings. The minimum Gasteiger partial charge on any atom is -0.449 e. The van der Waals surface area contributed by atoms with Crippen molar-refractivity contribution in [1.29, 1.82) is 0 Å². The van der Waals surface area contributed by atoms with Crippen LogP contribution in [0, 0.1) is 5.82 Å². The van der Waals surface area contributed by atoms with Gasteiger partial charge in [0.25, 0.3) is 11.8 Å². The van der Waals surface area contributed by atoms with E-state index in [1.54, 1.807) is 59.5 Å². The number of unbranched alkanes of at least 4 members (excludes halogenated alkanes) is 1. The van der Waals surface area contributed by atoms with Gasteiger partial charge in [-0.2, -0.15) is 0 Å². The van der Waals surface area contributed by atoms with E-state index in [9.17, 15) is 14.0 Å². The largest absolute Gasteiger partial charge is 0.449 e. The lowest BCUT2D eigenvalue weighted by Crippen LogP contribution is -2.36. The van der Waals surface area contributed by atoms with Crippen molar-refractivity contribution in [3.63, 3.8) is 0 Å². The number of halogens is 1. The van der Waals surface area contributed by atoms with Gasteiger partial charge in [0.15, 0.2) is 11.5 Å². The summed E-state index contributed by atoms with van der Waals surface area (Å²) in [7, 11) is 0. The average Bonchev–Trinajstić information content (AvgIpc) is 2.82. The lowest BCUT2D eigenvalue weighted by Gasteiger charge is -2.30. The Bertz CT molecular complexity index is 1190. The third kappa shape index (κ3) is 5.29. The molecule has 5 nitrogen and oxygen atoms in total. The quantitative estimate of drug-likeness (QED) is 0.396. The monoisotopic (exact) mass is 444 g/mol. The Hall–Kier alpha value is -3.93. The second-order valence-corrected chi connectivity index (χ2v) is 7.83. The van der Waals surface area contributed by atoms with Crippen LogP contribution in [0.5, 0.6) is 5.75 Å². The molecule has 0 saturated carbocycles. The molecule has 33 heavy (non-hydrogen) atoms. The van der Waals surface area contributed by atoms with Gasteiger partial charge in [-0.05, 0) is 60.0 Å². The van der Waals surface area contributed by atoms with E-state index < -0.39 is 0 Å². The number of carbonyl (C=O) groups is 2. The van der Waals surface area contributed by atoms with E-state index in [1.807, 2.05) is 12.1 Å². The van der Waals surface area contributed by atoms with E-state index >= 15 is 0 Å². The van der Waals surface area contributed by atoms with Crippen LogP contribution in [0.3, 0.4) is 0 Å². The van der Waals surface area contributed by atoms with Crippen LogP contribution in [0.25, 0.3) is 6.08 Å². The second kappa shape index (κ2) is 10.1. The summed E-state index contributed by atoms with van der Waals surface area (Å²) in [6.07, 6.45) is 3.60. The fraction of sp³-hybridized carbons (Fsp3) is 0.185. The molecule has 168 valence electrons. The molecule has 6 heteroatoms. The number of amides is 2. The van der Waals surface area contributed by atoms with Crippen LogP contribution >= 0.6 is 0 Å². The summed E-state index contributed by atoms with van der Waals surface area (Å²) in [5.74, 6) is -0.0878. The predicted octanol–water partition coefficient (Wildman–Crippen LogP) is 5.32. The van der Waals surface area contributed by atoms with E-state index in [2.05, 4.69) is 12.2 Å². The molecule has 1 N–H and O–H groups in total. The average molecular weight is 445 g/mol. The molecule has 3 aromatic rings. The number of carbonyl (C=O) groups excluding carboxylic acids is 2. The Kier molecular flexibility index (Phi) is 6.83. The molecule has 0 fully saturated rings. The number of anilines is 1. The van der Waals surface area contributed by atoms with Gasteiger partial charge in [0.2, 0.25) is 0 Å². The number of rotatable bonds is 7. The molecule has 3 aromatic carbocycles. The summed E-state index contributed by atoms with van der Waals surface area (Å²) in [6.45, 7) is 2.93. The van der Waals surface area contributed by atoms with Gasteiger partial charge >= 0.3 is 0 Å². The summed E-state index contributed by atoms with van der Waals surface area (Å²) in [5, 5.41) is 2.89. The van der Waals surface area contributed by atoms with E-state index in [1.165, 1.54) is 12.1 Å². The van der Waals surface area contributed by atoms with Crippen molar-refractivity contribution < 1.29 is 18.7 Å². The van der Waals surface area contributed by atoms with E-state index in [0.29, 0.717) is 29.1 Å². The van der Waals surface area contributed by atoms with Gasteiger partial charge in [-0.3, -0.25) is 14.5 Å². The van der Waals surface area contributed by atoms with Crippen molar-refractivity contribution >= 4 is 23.6 Å². The van der Waals surface area contributed by atoms with Gasteiger partial charge in [0.05, 0.1) is 12.2 Å². The Morgan fingerprint density at radius 1 is 1.06 bits per heavy atom. The van der Waals surface area contributed by atoms with Crippen LogP contribution in [0.15, 0.2) is 78.6 Å². The van der Waals surface area contributed by atoms with Crippen molar-refractivity contribution in [2.24, 2.45) is 0 Å². The predicted molar refractivity (Wildman–Crippen MR) is 126 cm³/mol. The SMILES string of the molecule is CCCCNC(=O)c1ccc(C=C2Oc3ccccc3N(Cc3cccc(F)c3)C2=O)cc1. The first-order chi connectivity index (χ1) is 16.0. The van der Waals surface area contributed by atoms with Crippen molar-refractivity contribution in [3.8, 4) is 5.75 Å². The van der Waals surface area contributed by atoms with Crippen molar-refractivity contribution in [2.75, 3.05) is 11.4 Å². The first kappa shape index (κ1) is 22.3. The number of hydrogen-bond donors (Lipinski definition) is 1. The van der Waals surface area contributed by atoms with Crippen LogP contribution in [-0.2, 0) is 11.3 Å². The minimum absolute atomic E-state index is 0.122. The number of benzene rings is 3. The maximum Gasteiger partial charge on any atom is 0.294 e. The summed E-state index contributed by atoms with van der Waals surface area (Å²) in [4.78, 5) is 27.1. The molecule has 0 unspecified atom stereocenters. The molecule has 0 saturated heterocycles. The molecular weight excluding hydrogens is 419 g/mol. The van der Waals surface area contributed by atoms with Crippen LogP contribution < -0.4 is 15.0 Å². The Labute approximate surface area is 192 Å². The number of para-hydroxylation sites is 2. The second-order valence-electron chi connectivity index (χ2n) is 7.83. The van der Waals surface area contributed by atoms with Crippen LogP contribution in [0.4, 0.5) is 10.1 Å². The van der Waals surface area contributed by atoms with Crippen molar-refractivity contribution in [3.05, 3.63) is 101 Å². The third-order valence-electron chi connectivity index (χ3n) is 5.35. The molecule has 0 aromatic heterocycles. The van der Waals surface area contributed by atoms with Crippen LogP contribution in [0.1, 0.15) is 41.3 Å². The molecule has 0 bridgehead atoms.